The molecule has 1 fully saturated rings. The molecule has 2 amide bonds. The molecule has 3 rings (SSSR count). The quantitative estimate of drug-likeness (QED) is 0.886. The van der Waals surface area contributed by atoms with E-state index >= 15 is 0 Å². The Balaban J connectivity index is 1.70. The van der Waals surface area contributed by atoms with Gasteiger partial charge in [0.1, 0.15) is 0 Å². The summed E-state index contributed by atoms with van der Waals surface area (Å²) >= 11 is 1.67. The summed E-state index contributed by atoms with van der Waals surface area (Å²) in [6, 6.07) is 8.97. The molecule has 0 radical (unpaired) electrons. The number of thiophene rings is 1. The highest BCUT2D eigenvalue weighted by Crippen LogP contribution is 2.34. The average molecular weight is 358 g/mol. The maximum Gasteiger partial charge on any atom is 0.254 e. The van der Waals surface area contributed by atoms with Crippen LogP contribution in [0.3, 0.4) is 0 Å². The highest BCUT2D eigenvalue weighted by molar-refractivity contribution is 7.10. The minimum Gasteiger partial charge on any atom is -0.391 e. The first-order valence-electron chi connectivity index (χ1n) is 8.34. The van der Waals surface area contributed by atoms with Crippen LogP contribution >= 0.6 is 11.3 Å². The number of likely N-dealkylation sites (tertiary alicyclic amines) is 1. The van der Waals surface area contributed by atoms with Gasteiger partial charge in [-0.1, -0.05) is 6.07 Å². The van der Waals surface area contributed by atoms with Gasteiger partial charge in [0.2, 0.25) is 5.91 Å². The second kappa shape index (κ2) is 7.37. The Bertz CT molecular complexity index is 786. The number of carbonyl (C=O) groups is 2. The molecule has 6 heteroatoms. The summed E-state index contributed by atoms with van der Waals surface area (Å²) in [7, 11) is 0. The highest BCUT2D eigenvalue weighted by Gasteiger charge is 2.32. The van der Waals surface area contributed by atoms with E-state index in [1.54, 1.807) is 40.5 Å². The van der Waals surface area contributed by atoms with Crippen LogP contribution in [0, 0.1) is 6.92 Å². The zero-order valence-electron chi connectivity index (χ0n) is 14.4. The number of amides is 2. The van der Waals surface area contributed by atoms with Crippen LogP contribution in [0.4, 0.5) is 5.69 Å². The van der Waals surface area contributed by atoms with E-state index in [1.807, 2.05) is 5.38 Å². The molecular weight excluding hydrogens is 336 g/mol. The van der Waals surface area contributed by atoms with Crippen molar-refractivity contribution in [1.29, 1.82) is 0 Å². The lowest BCUT2D eigenvalue weighted by Gasteiger charge is -2.36. The third-order valence-corrected chi connectivity index (χ3v) is 5.69. The van der Waals surface area contributed by atoms with Crippen LogP contribution in [0.1, 0.15) is 40.1 Å². The van der Waals surface area contributed by atoms with E-state index in [1.165, 1.54) is 17.4 Å². The number of anilines is 1. The molecule has 2 atom stereocenters. The van der Waals surface area contributed by atoms with Gasteiger partial charge in [0, 0.05) is 42.1 Å². The van der Waals surface area contributed by atoms with Gasteiger partial charge in [-0.05, 0) is 48.6 Å². The molecule has 2 heterocycles. The van der Waals surface area contributed by atoms with E-state index in [-0.39, 0.29) is 17.7 Å². The number of hydrogen-bond acceptors (Lipinski definition) is 4. The zero-order valence-corrected chi connectivity index (χ0v) is 15.2. The number of nitrogens with zero attached hydrogens (tertiary/aromatic N) is 1. The first kappa shape index (κ1) is 17.6. The van der Waals surface area contributed by atoms with Crippen molar-refractivity contribution in [2.75, 3.05) is 18.4 Å². The Hall–Kier alpha value is -2.18. The van der Waals surface area contributed by atoms with Gasteiger partial charge in [-0.2, -0.15) is 0 Å². The summed E-state index contributed by atoms with van der Waals surface area (Å²) in [5.74, 6) is -0.200. The minimum atomic E-state index is -0.562. The minimum absolute atomic E-state index is 0.0924. The molecule has 2 aromatic rings. The van der Waals surface area contributed by atoms with Crippen LogP contribution in [0.25, 0.3) is 0 Å². The molecule has 132 valence electrons. The van der Waals surface area contributed by atoms with Crippen LogP contribution in [-0.2, 0) is 4.79 Å². The predicted molar refractivity (Wildman–Crippen MR) is 99.1 cm³/mol. The molecule has 2 N–H and O–H groups in total. The van der Waals surface area contributed by atoms with Crippen LogP contribution in [0.5, 0.6) is 0 Å². The highest BCUT2D eigenvalue weighted by atomic mass is 32.1. The van der Waals surface area contributed by atoms with Gasteiger partial charge >= 0.3 is 0 Å². The summed E-state index contributed by atoms with van der Waals surface area (Å²) < 4.78 is 0. The Morgan fingerprint density at radius 3 is 2.76 bits per heavy atom. The second-order valence-corrected chi connectivity index (χ2v) is 7.39. The number of nitrogens with one attached hydrogen (secondary N) is 1. The Morgan fingerprint density at radius 1 is 1.32 bits per heavy atom. The molecule has 0 bridgehead atoms. The molecule has 1 aromatic heterocycles. The number of aryl methyl sites for hydroxylation is 1. The van der Waals surface area contributed by atoms with Gasteiger partial charge < -0.3 is 15.3 Å². The summed E-state index contributed by atoms with van der Waals surface area (Å²) in [6.07, 6.45) is 0.188. The first-order valence-corrected chi connectivity index (χ1v) is 9.22. The smallest absolute Gasteiger partial charge is 0.254 e. The third kappa shape index (κ3) is 3.91. The molecule has 0 unspecified atom stereocenters. The number of piperidine rings is 1. The van der Waals surface area contributed by atoms with Crippen molar-refractivity contribution in [3.05, 3.63) is 51.7 Å². The predicted octanol–water partition coefficient (Wildman–Crippen LogP) is 3.01. The molecular formula is C19H22N2O3S. The van der Waals surface area contributed by atoms with Gasteiger partial charge in [-0.25, -0.2) is 0 Å². The lowest BCUT2D eigenvalue weighted by molar-refractivity contribution is -0.114. The number of carbonyl (C=O) groups excluding carboxylic acids is 2. The van der Waals surface area contributed by atoms with E-state index in [4.69, 9.17) is 0 Å². The standard InChI is InChI=1S/C19H22N2O3S/c1-12-7-9-25-18(12)16-6-8-21(11-17(16)23)19(24)14-4-3-5-15(10-14)20-13(2)22/h3-5,7,9-10,16-17,23H,6,8,11H2,1-2H3,(H,20,22)/t16-,17-/m1/s1. The van der Waals surface area contributed by atoms with E-state index in [0.29, 0.717) is 24.3 Å². The van der Waals surface area contributed by atoms with E-state index in [0.717, 1.165) is 6.42 Å². The molecule has 1 aromatic carbocycles. The van der Waals surface area contributed by atoms with Crippen molar-refractivity contribution < 1.29 is 14.7 Å². The fraction of sp³-hybridized carbons (Fsp3) is 0.368. The molecule has 0 spiro atoms. The average Bonchev–Trinajstić information content (AvgIpc) is 2.99. The van der Waals surface area contributed by atoms with Gasteiger partial charge in [-0.3, -0.25) is 9.59 Å². The van der Waals surface area contributed by atoms with Crippen molar-refractivity contribution in [2.24, 2.45) is 0 Å². The van der Waals surface area contributed by atoms with Crippen molar-refractivity contribution in [3.63, 3.8) is 0 Å². The van der Waals surface area contributed by atoms with Crippen LogP contribution in [0.2, 0.25) is 0 Å². The summed E-state index contributed by atoms with van der Waals surface area (Å²) in [5, 5.41) is 15.3. The van der Waals surface area contributed by atoms with E-state index in [2.05, 4.69) is 18.3 Å². The second-order valence-electron chi connectivity index (χ2n) is 6.44. The third-order valence-electron chi connectivity index (χ3n) is 4.54. The first-order chi connectivity index (χ1) is 12.0. The van der Waals surface area contributed by atoms with Crippen molar-refractivity contribution >= 4 is 28.8 Å². The molecule has 0 saturated carbocycles. The number of aliphatic hydroxyl groups is 1. The number of hydrogen-bond donors (Lipinski definition) is 2. The molecule has 1 aliphatic heterocycles. The fourth-order valence-corrected chi connectivity index (χ4v) is 4.42. The van der Waals surface area contributed by atoms with E-state index in [9.17, 15) is 14.7 Å². The summed E-state index contributed by atoms with van der Waals surface area (Å²) in [4.78, 5) is 26.8. The van der Waals surface area contributed by atoms with Crippen molar-refractivity contribution in [2.45, 2.75) is 32.3 Å². The number of aliphatic hydroxyl groups excluding tert-OH is 1. The zero-order chi connectivity index (χ0) is 18.0. The van der Waals surface area contributed by atoms with Gasteiger partial charge in [0.25, 0.3) is 5.91 Å². The van der Waals surface area contributed by atoms with Crippen LogP contribution < -0.4 is 5.32 Å². The SMILES string of the molecule is CC(=O)Nc1cccc(C(=O)N2CC[C@@H](c3sccc3C)[C@H](O)C2)c1. The van der Waals surface area contributed by atoms with Crippen LogP contribution in [-0.4, -0.2) is 41.0 Å². The Morgan fingerprint density at radius 2 is 2.12 bits per heavy atom. The fourth-order valence-electron chi connectivity index (χ4n) is 3.30. The largest absolute Gasteiger partial charge is 0.391 e. The molecule has 25 heavy (non-hydrogen) atoms. The van der Waals surface area contributed by atoms with Crippen molar-refractivity contribution in [3.8, 4) is 0 Å². The van der Waals surface area contributed by atoms with Gasteiger partial charge in [-0.15, -0.1) is 11.3 Å². The number of rotatable bonds is 3. The number of benzene rings is 1. The Labute approximate surface area is 151 Å². The molecule has 0 aliphatic carbocycles. The summed E-state index contributed by atoms with van der Waals surface area (Å²) in [6.45, 7) is 4.43. The van der Waals surface area contributed by atoms with Gasteiger partial charge in [0.05, 0.1) is 6.10 Å². The normalized spacial score (nSPS) is 20.4. The topological polar surface area (TPSA) is 69.6 Å². The van der Waals surface area contributed by atoms with Crippen LogP contribution in [0.15, 0.2) is 35.7 Å². The molecule has 5 nitrogen and oxygen atoms in total. The summed E-state index contributed by atoms with van der Waals surface area (Å²) in [5.41, 5.74) is 2.32. The lowest BCUT2D eigenvalue weighted by Crippen LogP contribution is -2.45. The lowest BCUT2D eigenvalue weighted by atomic mass is 9.90. The number of β-amino-alcohol motifs (C(OH)–C–C–N with tert-alkyl or cyclic N) is 1. The van der Waals surface area contributed by atoms with Crippen molar-refractivity contribution in [1.82, 2.24) is 4.90 Å². The Kier molecular flexibility index (Phi) is 5.20. The van der Waals surface area contributed by atoms with E-state index < -0.39 is 6.10 Å². The maximum absolute atomic E-state index is 12.7. The monoisotopic (exact) mass is 358 g/mol. The molecule has 1 aliphatic rings. The molecule has 1 saturated heterocycles. The van der Waals surface area contributed by atoms with Gasteiger partial charge in [0.15, 0.2) is 0 Å². The maximum atomic E-state index is 12.7.